The van der Waals surface area contributed by atoms with E-state index in [0.29, 0.717) is 44.7 Å². The highest BCUT2D eigenvalue weighted by molar-refractivity contribution is 6.11. The van der Waals surface area contributed by atoms with Crippen LogP contribution in [0.5, 0.6) is 0 Å². The number of hydrogen-bond acceptors (Lipinski definition) is 8. The molecule has 2 aliphatic carbocycles. The minimum Gasteiger partial charge on any atom is -0.221 e. The average Bonchev–Trinajstić information content (AvgIpc) is 3.91. The molecule has 0 saturated heterocycles. The van der Waals surface area contributed by atoms with Crippen LogP contribution in [-0.4, -0.2) is 29.2 Å². The van der Waals surface area contributed by atoms with Crippen molar-refractivity contribution in [3.05, 3.63) is 165 Å². The highest BCUT2D eigenvalue weighted by Crippen LogP contribution is 2.52. The number of allylic oxidation sites excluding steroid dienone is 10. The topological polar surface area (TPSA) is 156 Å². The molecule has 6 aromatic rings. The van der Waals surface area contributed by atoms with Crippen LogP contribution in [0.15, 0.2) is 120 Å². The Labute approximate surface area is 281 Å². The number of fused-ring (bicyclic) bond motifs is 2. The smallest absolute Gasteiger partial charge is 0.182 e. The Morgan fingerprint density at radius 2 is 1.02 bits per heavy atom. The largest absolute Gasteiger partial charge is 0.221 e. The van der Waals surface area contributed by atoms with Gasteiger partial charge in [0.25, 0.3) is 0 Å². The molecule has 50 heavy (non-hydrogen) atoms. The Kier molecular flexibility index (Phi) is 6.79. The van der Waals surface area contributed by atoms with E-state index in [1.807, 2.05) is 0 Å². The van der Waals surface area contributed by atoms with Crippen molar-refractivity contribution in [2.24, 2.45) is 0 Å². The molecule has 2 aromatic carbocycles. The number of benzene rings is 2. The summed E-state index contributed by atoms with van der Waals surface area (Å²) in [7, 11) is 0. The van der Waals surface area contributed by atoms with E-state index >= 15 is 8.78 Å². The summed E-state index contributed by atoms with van der Waals surface area (Å²) in [6.07, 6.45) is 6.92. The van der Waals surface area contributed by atoms with Crippen LogP contribution in [-0.2, 0) is 0 Å². The molecule has 0 saturated carbocycles. The average molecular weight is 651 g/mol. The molecule has 0 N–H and O–H groups in total. The molecule has 10 nitrogen and oxygen atoms in total. The lowest BCUT2D eigenvalue weighted by atomic mass is 9.91. The molecule has 4 heterocycles. The van der Waals surface area contributed by atoms with Crippen molar-refractivity contribution < 1.29 is 8.78 Å². The Hall–Kier alpha value is -7.80. The van der Waals surface area contributed by atoms with Crippen molar-refractivity contribution in [1.29, 1.82) is 21.0 Å². The van der Waals surface area contributed by atoms with Gasteiger partial charge in [-0.2, -0.15) is 21.0 Å². The van der Waals surface area contributed by atoms with Gasteiger partial charge in [0.05, 0.1) is 22.3 Å². The first-order chi connectivity index (χ1) is 24.4. The fourth-order valence-electron chi connectivity index (χ4n) is 6.13. The summed E-state index contributed by atoms with van der Waals surface area (Å²) in [5.41, 5.74) is 3.72. The lowest BCUT2D eigenvalue weighted by Gasteiger charge is -2.11. The van der Waals surface area contributed by atoms with Gasteiger partial charge < -0.3 is 0 Å². The highest BCUT2D eigenvalue weighted by Gasteiger charge is 2.37. The number of pyridine rings is 2. The molecule has 0 atom stereocenters. The van der Waals surface area contributed by atoms with Crippen LogP contribution in [0, 0.1) is 57.0 Å². The second-order valence-corrected chi connectivity index (χ2v) is 11.2. The highest BCUT2D eigenvalue weighted by atomic mass is 19.1. The molecule has 0 spiro atoms. The third-order valence-electron chi connectivity index (χ3n) is 8.39. The van der Waals surface area contributed by atoms with Crippen molar-refractivity contribution in [1.82, 2.24) is 29.2 Å². The maximum absolute atomic E-state index is 15.0. The maximum atomic E-state index is 15.0. The summed E-state index contributed by atoms with van der Waals surface area (Å²) >= 11 is 0. The van der Waals surface area contributed by atoms with E-state index in [9.17, 15) is 21.0 Å². The van der Waals surface area contributed by atoms with E-state index in [-0.39, 0.29) is 45.0 Å². The molecule has 232 valence electrons. The predicted octanol–water partition coefficient (Wildman–Crippen LogP) is 6.54. The quantitative estimate of drug-likeness (QED) is 0.195. The number of halogens is 2. The molecule has 4 aromatic heterocycles. The van der Waals surface area contributed by atoms with Gasteiger partial charge >= 0.3 is 0 Å². The van der Waals surface area contributed by atoms with Gasteiger partial charge in [-0.05, 0) is 83.0 Å². The van der Waals surface area contributed by atoms with Gasteiger partial charge in [-0.15, -0.1) is 10.2 Å². The molecule has 0 amide bonds. The molecule has 0 bridgehead atoms. The number of nitriles is 4. The van der Waals surface area contributed by atoms with Crippen molar-refractivity contribution in [3.8, 4) is 24.3 Å². The normalized spacial score (nSPS) is 15.6. The summed E-state index contributed by atoms with van der Waals surface area (Å²) in [6.45, 7) is 0. The van der Waals surface area contributed by atoms with E-state index < -0.39 is 11.6 Å². The number of nitrogens with zero attached hydrogens (tertiary/aromatic N) is 10. The maximum Gasteiger partial charge on any atom is 0.182 e. The summed E-state index contributed by atoms with van der Waals surface area (Å²) in [4.78, 5) is 9.40. The molecule has 2 aliphatic rings. The first-order valence-corrected chi connectivity index (χ1v) is 14.9. The second kappa shape index (κ2) is 11.5. The van der Waals surface area contributed by atoms with E-state index in [1.54, 1.807) is 82.1 Å². The molecular weight excluding hydrogens is 634 g/mol. The van der Waals surface area contributed by atoms with Crippen molar-refractivity contribution >= 4 is 33.6 Å². The summed E-state index contributed by atoms with van der Waals surface area (Å²) in [6, 6.07) is 26.6. The third kappa shape index (κ3) is 4.57. The molecule has 8 rings (SSSR count). The monoisotopic (exact) mass is 650 g/mol. The van der Waals surface area contributed by atoms with Crippen LogP contribution in [0.2, 0.25) is 0 Å². The van der Waals surface area contributed by atoms with Crippen LogP contribution in [0.25, 0.3) is 33.6 Å². The van der Waals surface area contributed by atoms with Crippen molar-refractivity contribution in [3.63, 3.8) is 0 Å². The fraction of sp³-hybridized carbons (Fsp3) is 0. The van der Waals surface area contributed by atoms with Gasteiger partial charge in [-0.3, -0.25) is 0 Å². The van der Waals surface area contributed by atoms with Crippen LogP contribution < -0.4 is 0 Å². The lowest BCUT2D eigenvalue weighted by Crippen LogP contribution is -1.99. The minimum atomic E-state index is -0.798. The minimum absolute atomic E-state index is 0.0613. The second-order valence-electron chi connectivity index (χ2n) is 11.2. The Morgan fingerprint density at radius 1 is 0.580 bits per heavy atom. The van der Waals surface area contributed by atoms with Crippen LogP contribution in [0.4, 0.5) is 8.78 Å². The van der Waals surface area contributed by atoms with Crippen LogP contribution >= 0.6 is 0 Å². The summed E-state index contributed by atoms with van der Waals surface area (Å²) < 4.78 is 33.1. The van der Waals surface area contributed by atoms with Gasteiger partial charge in [0.1, 0.15) is 35.9 Å². The van der Waals surface area contributed by atoms with Crippen LogP contribution in [0.1, 0.15) is 33.9 Å². The molecule has 0 fully saturated rings. The van der Waals surface area contributed by atoms with E-state index in [2.05, 4.69) is 22.3 Å². The van der Waals surface area contributed by atoms with Gasteiger partial charge in [0.2, 0.25) is 0 Å². The van der Waals surface area contributed by atoms with E-state index in [4.69, 9.17) is 9.97 Å². The standard InChI is InChI=1S/C38H16F2N10/c39-31-13-21(7-9-23(31)17-41)29(19-43)35-26-16-28(38-46-34-6-2-4-12-50(34)48-38)36(30(20-44)22-8-10-24(18-42)32(40)14-22)25(26)15-27(35)37-45-33-5-1-3-11-49(33)47-37/h1-16H/b35-29+,36-30+. The summed E-state index contributed by atoms with van der Waals surface area (Å²) in [5, 5.41) is 49.3. The molecule has 0 unspecified atom stereocenters. The Bertz CT molecular complexity index is 2570. The van der Waals surface area contributed by atoms with E-state index in [0.717, 1.165) is 12.1 Å². The lowest BCUT2D eigenvalue weighted by molar-refractivity contribution is 0.623. The first kappa shape index (κ1) is 29.6. The molecule has 12 heteroatoms. The van der Waals surface area contributed by atoms with Gasteiger partial charge in [-0.25, -0.2) is 27.8 Å². The molecular formula is C38H16F2N10. The van der Waals surface area contributed by atoms with E-state index in [1.165, 1.54) is 24.3 Å². The Balaban J connectivity index is 1.45. The predicted molar refractivity (Wildman–Crippen MR) is 176 cm³/mol. The number of rotatable bonds is 4. The third-order valence-corrected chi connectivity index (χ3v) is 8.39. The fourth-order valence-corrected chi connectivity index (χ4v) is 6.13. The number of aromatic nitrogens is 6. The van der Waals surface area contributed by atoms with Gasteiger partial charge in [-0.1, -0.05) is 24.3 Å². The zero-order valence-electron chi connectivity index (χ0n) is 25.5. The summed E-state index contributed by atoms with van der Waals surface area (Å²) in [5.74, 6) is -1.08. The molecule has 0 aliphatic heterocycles. The molecule has 0 radical (unpaired) electrons. The van der Waals surface area contributed by atoms with Crippen LogP contribution in [0.3, 0.4) is 0 Å². The number of hydrogen-bond donors (Lipinski definition) is 0. The zero-order valence-corrected chi connectivity index (χ0v) is 25.5. The Morgan fingerprint density at radius 3 is 1.38 bits per heavy atom. The first-order valence-electron chi connectivity index (χ1n) is 14.9. The van der Waals surface area contributed by atoms with Crippen molar-refractivity contribution in [2.75, 3.05) is 0 Å². The zero-order chi connectivity index (χ0) is 34.5. The van der Waals surface area contributed by atoms with Gasteiger partial charge in [0.15, 0.2) is 22.9 Å². The SMILES string of the molecule is N#C/C(=C1\C(c2nc3ccccn3n2)=CC2=C1C=C(c1nc3ccccn3n1)/C2=C(\C#N)c1ccc(C#N)c(F)c1)c1ccc(C#N)c(F)c1. The van der Waals surface area contributed by atoms with Gasteiger partial charge in [0, 0.05) is 34.7 Å². The van der Waals surface area contributed by atoms with Crippen molar-refractivity contribution in [2.45, 2.75) is 0 Å².